The van der Waals surface area contributed by atoms with Crippen molar-refractivity contribution >= 4 is 21.8 Å². The highest BCUT2D eigenvalue weighted by molar-refractivity contribution is 9.09. The fraction of sp³-hybridized carbons (Fsp3) is 0.917. The zero-order chi connectivity index (χ0) is 11.1. The number of amides is 1. The number of halogens is 1. The lowest BCUT2D eigenvalue weighted by Gasteiger charge is -2.20. The maximum atomic E-state index is 11.7. The van der Waals surface area contributed by atoms with Gasteiger partial charge in [-0.3, -0.25) is 4.79 Å². The average Bonchev–Trinajstić information content (AvgIpc) is 2.25. The summed E-state index contributed by atoms with van der Waals surface area (Å²) in [7, 11) is 0. The number of carbonyl (C=O) groups is 1. The van der Waals surface area contributed by atoms with Gasteiger partial charge in [0, 0.05) is 17.3 Å². The predicted octanol–water partition coefficient (Wildman–Crippen LogP) is 3.25. The lowest BCUT2D eigenvalue weighted by Crippen LogP contribution is -2.32. The minimum absolute atomic E-state index is 0.289. The SMILES string of the molecule is CC(Br)CCCNC(=O)C1CCCCC1. The van der Waals surface area contributed by atoms with Crippen molar-refractivity contribution in [3.05, 3.63) is 0 Å². The van der Waals surface area contributed by atoms with Crippen molar-refractivity contribution in [3.63, 3.8) is 0 Å². The highest BCUT2D eigenvalue weighted by atomic mass is 79.9. The lowest BCUT2D eigenvalue weighted by atomic mass is 9.89. The first kappa shape index (κ1) is 13.0. The number of hydrogen-bond donors (Lipinski definition) is 1. The van der Waals surface area contributed by atoms with Gasteiger partial charge in [-0.2, -0.15) is 0 Å². The van der Waals surface area contributed by atoms with Gasteiger partial charge in [-0.05, 0) is 25.7 Å². The third-order valence-corrected chi connectivity index (χ3v) is 3.51. The Balaban J connectivity index is 2.07. The summed E-state index contributed by atoms with van der Waals surface area (Å²) in [5.41, 5.74) is 0. The Labute approximate surface area is 101 Å². The summed E-state index contributed by atoms with van der Waals surface area (Å²) < 4.78 is 0. The minimum Gasteiger partial charge on any atom is -0.356 e. The average molecular weight is 276 g/mol. The van der Waals surface area contributed by atoms with Crippen molar-refractivity contribution in [2.45, 2.75) is 56.7 Å². The molecule has 1 aliphatic rings. The van der Waals surface area contributed by atoms with Gasteiger partial charge in [0.25, 0.3) is 0 Å². The highest BCUT2D eigenvalue weighted by Crippen LogP contribution is 2.23. The van der Waals surface area contributed by atoms with Crippen LogP contribution in [0.3, 0.4) is 0 Å². The number of hydrogen-bond acceptors (Lipinski definition) is 1. The third-order valence-electron chi connectivity index (χ3n) is 3.05. The second-order valence-electron chi connectivity index (χ2n) is 4.55. The highest BCUT2D eigenvalue weighted by Gasteiger charge is 2.20. The Kier molecular flexibility index (Phi) is 6.30. The predicted molar refractivity (Wildman–Crippen MR) is 67.2 cm³/mol. The van der Waals surface area contributed by atoms with Crippen LogP contribution in [0.5, 0.6) is 0 Å². The van der Waals surface area contributed by atoms with E-state index < -0.39 is 0 Å². The van der Waals surface area contributed by atoms with E-state index >= 15 is 0 Å². The fourth-order valence-corrected chi connectivity index (χ4v) is 2.43. The Bertz CT molecular complexity index is 188. The summed E-state index contributed by atoms with van der Waals surface area (Å²) in [4.78, 5) is 12.3. The maximum Gasteiger partial charge on any atom is 0.223 e. The van der Waals surface area contributed by atoms with Crippen LogP contribution in [-0.4, -0.2) is 17.3 Å². The summed E-state index contributed by atoms with van der Waals surface area (Å²) >= 11 is 3.51. The van der Waals surface area contributed by atoms with Gasteiger partial charge in [0.05, 0.1) is 0 Å². The van der Waals surface area contributed by atoms with E-state index in [9.17, 15) is 4.79 Å². The molecule has 1 unspecified atom stereocenters. The van der Waals surface area contributed by atoms with Gasteiger partial charge in [0.2, 0.25) is 5.91 Å². The van der Waals surface area contributed by atoms with E-state index in [1.807, 2.05) is 0 Å². The van der Waals surface area contributed by atoms with Gasteiger partial charge in [0.15, 0.2) is 0 Å². The molecule has 0 aromatic heterocycles. The second kappa shape index (κ2) is 7.26. The molecule has 0 saturated heterocycles. The van der Waals surface area contributed by atoms with Gasteiger partial charge < -0.3 is 5.32 Å². The van der Waals surface area contributed by atoms with Crippen molar-refractivity contribution in [1.82, 2.24) is 5.32 Å². The normalized spacial score (nSPS) is 19.9. The van der Waals surface area contributed by atoms with Crippen molar-refractivity contribution in [2.75, 3.05) is 6.54 Å². The molecule has 15 heavy (non-hydrogen) atoms. The molecule has 1 fully saturated rings. The Morgan fingerprint density at radius 2 is 2.07 bits per heavy atom. The molecule has 1 atom stereocenters. The Morgan fingerprint density at radius 1 is 1.40 bits per heavy atom. The molecule has 88 valence electrons. The lowest BCUT2D eigenvalue weighted by molar-refractivity contribution is -0.125. The van der Waals surface area contributed by atoms with Gasteiger partial charge in [-0.15, -0.1) is 0 Å². The molecular weight excluding hydrogens is 254 g/mol. The maximum absolute atomic E-state index is 11.7. The fourth-order valence-electron chi connectivity index (χ4n) is 2.10. The zero-order valence-electron chi connectivity index (χ0n) is 9.60. The summed E-state index contributed by atoms with van der Waals surface area (Å²) in [5, 5.41) is 3.05. The Hall–Kier alpha value is -0.0500. The molecule has 0 aromatic carbocycles. The molecule has 1 aliphatic carbocycles. The summed E-state index contributed by atoms with van der Waals surface area (Å²) in [6.45, 7) is 2.98. The largest absolute Gasteiger partial charge is 0.356 e. The summed E-state index contributed by atoms with van der Waals surface area (Å²) in [6.07, 6.45) is 8.18. The van der Waals surface area contributed by atoms with Gasteiger partial charge in [-0.1, -0.05) is 42.1 Å². The van der Waals surface area contributed by atoms with E-state index in [1.54, 1.807) is 0 Å². The van der Waals surface area contributed by atoms with Crippen LogP contribution >= 0.6 is 15.9 Å². The van der Waals surface area contributed by atoms with Crippen LogP contribution in [-0.2, 0) is 4.79 Å². The molecule has 1 saturated carbocycles. The van der Waals surface area contributed by atoms with E-state index in [-0.39, 0.29) is 5.91 Å². The minimum atomic E-state index is 0.289. The topological polar surface area (TPSA) is 29.1 Å². The van der Waals surface area contributed by atoms with E-state index in [2.05, 4.69) is 28.2 Å². The van der Waals surface area contributed by atoms with Gasteiger partial charge >= 0.3 is 0 Å². The molecule has 0 bridgehead atoms. The van der Waals surface area contributed by atoms with Crippen LogP contribution in [0.2, 0.25) is 0 Å². The monoisotopic (exact) mass is 275 g/mol. The van der Waals surface area contributed by atoms with Crippen molar-refractivity contribution in [2.24, 2.45) is 5.92 Å². The zero-order valence-corrected chi connectivity index (χ0v) is 11.2. The molecule has 2 nitrogen and oxygen atoms in total. The van der Waals surface area contributed by atoms with Gasteiger partial charge in [-0.25, -0.2) is 0 Å². The van der Waals surface area contributed by atoms with Crippen molar-refractivity contribution in [1.29, 1.82) is 0 Å². The number of nitrogens with one attached hydrogen (secondary N) is 1. The molecule has 0 radical (unpaired) electrons. The quantitative estimate of drug-likeness (QED) is 0.606. The molecule has 3 heteroatoms. The smallest absolute Gasteiger partial charge is 0.223 e. The van der Waals surface area contributed by atoms with Crippen LogP contribution in [0.4, 0.5) is 0 Å². The molecular formula is C12H22BrNO. The van der Waals surface area contributed by atoms with Crippen molar-refractivity contribution in [3.8, 4) is 0 Å². The van der Waals surface area contributed by atoms with Crippen LogP contribution in [0.1, 0.15) is 51.9 Å². The first-order valence-electron chi connectivity index (χ1n) is 6.12. The number of rotatable bonds is 5. The van der Waals surface area contributed by atoms with E-state index in [0.717, 1.165) is 32.2 Å². The second-order valence-corrected chi connectivity index (χ2v) is 6.11. The molecule has 1 amide bonds. The van der Waals surface area contributed by atoms with Crippen LogP contribution in [0, 0.1) is 5.92 Å². The van der Waals surface area contributed by atoms with E-state index in [0.29, 0.717) is 10.7 Å². The van der Waals surface area contributed by atoms with Crippen molar-refractivity contribution < 1.29 is 4.79 Å². The molecule has 1 N–H and O–H groups in total. The third kappa shape index (κ3) is 5.55. The first-order valence-corrected chi connectivity index (χ1v) is 7.03. The molecule has 0 aliphatic heterocycles. The number of carbonyl (C=O) groups excluding carboxylic acids is 1. The van der Waals surface area contributed by atoms with Crippen LogP contribution in [0.25, 0.3) is 0 Å². The van der Waals surface area contributed by atoms with E-state index in [4.69, 9.17) is 0 Å². The number of alkyl halides is 1. The molecule has 0 heterocycles. The van der Waals surface area contributed by atoms with Crippen LogP contribution < -0.4 is 5.32 Å². The molecule has 1 rings (SSSR count). The molecule has 0 spiro atoms. The van der Waals surface area contributed by atoms with E-state index in [1.165, 1.54) is 19.3 Å². The summed E-state index contributed by atoms with van der Waals surface area (Å²) in [5.74, 6) is 0.595. The summed E-state index contributed by atoms with van der Waals surface area (Å²) in [6, 6.07) is 0. The Morgan fingerprint density at radius 3 is 2.67 bits per heavy atom. The molecule has 0 aromatic rings. The standard InChI is InChI=1S/C12H22BrNO/c1-10(13)6-5-9-14-12(15)11-7-3-2-4-8-11/h10-11H,2-9H2,1H3,(H,14,15). The van der Waals surface area contributed by atoms with Gasteiger partial charge in [0.1, 0.15) is 0 Å². The van der Waals surface area contributed by atoms with Crippen LogP contribution in [0.15, 0.2) is 0 Å². The first-order chi connectivity index (χ1) is 7.20.